The molecule has 0 bridgehead atoms. The van der Waals surface area contributed by atoms with E-state index in [0.717, 1.165) is 24.3 Å². The highest BCUT2D eigenvalue weighted by molar-refractivity contribution is 7.92. The van der Waals surface area contributed by atoms with E-state index in [1.165, 1.54) is 0 Å². The van der Waals surface area contributed by atoms with Crippen LogP contribution in [0.3, 0.4) is 0 Å². The zero-order chi connectivity index (χ0) is 19.3. The summed E-state index contributed by atoms with van der Waals surface area (Å²) in [6.45, 7) is 0. The molecule has 0 heterocycles. The van der Waals surface area contributed by atoms with E-state index in [2.05, 4.69) is 5.32 Å². The van der Waals surface area contributed by atoms with Crippen LogP contribution in [0.1, 0.15) is 0 Å². The minimum absolute atomic E-state index is 0.118. The molecule has 0 atom stereocenters. The second kappa shape index (κ2) is 8.01. The molecule has 0 aromatic heterocycles. The van der Waals surface area contributed by atoms with Crippen LogP contribution >= 0.6 is 0 Å². The van der Waals surface area contributed by atoms with Crippen molar-refractivity contribution in [3.05, 3.63) is 84.7 Å². The topological polar surface area (TPSA) is 72.5 Å². The average molecular weight is 385 g/mol. The van der Waals surface area contributed by atoms with Crippen LogP contribution in [0.25, 0.3) is 0 Å². The number of hydrogen-bond donors (Lipinski definition) is 1. The van der Waals surface area contributed by atoms with E-state index in [-0.39, 0.29) is 4.90 Å². The quantitative estimate of drug-likeness (QED) is 0.650. The van der Waals surface area contributed by atoms with E-state index in [9.17, 15) is 17.6 Å². The lowest BCUT2D eigenvalue weighted by atomic mass is 10.3. The molecule has 0 unspecified atom stereocenters. The summed E-state index contributed by atoms with van der Waals surface area (Å²) in [5.74, 6) is -1.07. The molecule has 3 aromatic carbocycles. The number of amides is 1. The van der Waals surface area contributed by atoms with Gasteiger partial charge in [-0.25, -0.2) is 12.8 Å². The average Bonchev–Trinajstić information content (AvgIpc) is 2.64. The van der Waals surface area contributed by atoms with E-state index < -0.39 is 27.3 Å². The molecular weight excluding hydrogens is 369 g/mol. The molecule has 0 aliphatic rings. The second-order valence-corrected chi connectivity index (χ2v) is 7.66. The van der Waals surface area contributed by atoms with Crippen molar-refractivity contribution >= 4 is 21.4 Å². The van der Waals surface area contributed by atoms with Gasteiger partial charge in [0, 0.05) is 0 Å². The minimum atomic E-state index is -3.89. The smallest absolute Gasteiger partial charge is 0.240 e. The standard InChI is InChI=1S/C20H16FNO4S/c21-15-10-12-17(13-11-15)27(24,25)14-20(23)22-18-8-4-5-9-19(18)26-16-6-2-1-3-7-16/h1-13H,14H2,(H,22,23). The first-order valence-corrected chi connectivity index (χ1v) is 9.69. The zero-order valence-corrected chi connectivity index (χ0v) is 14.9. The van der Waals surface area contributed by atoms with Gasteiger partial charge in [0.05, 0.1) is 10.6 Å². The Morgan fingerprint density at radius 3 is 2.22 bits per heavy atom. The number of carbonyl (C=O) groups is 1. The normalized spacial score (nSPS) is 11.0. The van der Waals surface area contributed by atoms with Gasteiger partial charge in [0.15, 0.2) is 15.6 Å². The first-order valence-electron chi connectivity index (χ1n) is 8.04. The predicted molar refractivity (Wildman–Crippen MR) is 100 cm³/mol. The van der Waals surface area contributed by atoms with Crippen molar-refractivity contribution in [3.8, 4) is 11.5 Å². The van der Waals surface area contributed by atoms with Gasteiger partial charge in [-0.3, -0.25) is 4.79 Å². The molecule has 5 nitrogen and oxygen atoms in total. The summed E-state index contributed by atoms with van der Waals surface area (Å²) in [5, 5.41) is 2.55. The molecule has 1 N–H and O–H groups in total. The Morgan fingerprint density at radius 1 is 0.889 bits per heavy atom. The number of ether oxygens (including phenoxy) is 1. The van der Waals surface area contributed by atoms with E-state index in [0.29, 0.717) is 17.2 Å². The van der Waals surface area contributed by atoms with Gasteiger partial charge >= 0.3 is 0 Å². The maximum Gasteiger partial charge on any atom is 0.240 e. The molecule has 3 aromatic rings. The van der Waals surface area contributed by atoms with Crippen molar-refractivity contribution < 1.29 is 22.3 Å². The largest absolute Gasteiger partial charge is 0.455 e. The summed E-state index contributed by atoms with van der Waals surface area (Å²) in [6, 6.07) is 20.0. The van der Waals surface area contributed by atoms with Crippen LogP contribution in [-0.2, 0) is 14.6 Å². The Bertz CT molecular complexity index is 1040. The SMILES string of the molecule is O=C(CS(=O)(=O)c1ccc(F)cc1)Nc1ccccc1Oc1ccccc1. The van der Waals surface area contributed by atoms with Crippen LogP contribution in [0.5, 0.6) is 11.5 Å². The van der Waals surface area contributed by atoms with Crippen molar-refractivity contribution in [2.24, 2.45) is 0 Å². The number of halogens is 1. The summed E-state index contributed by atoms with van der Waals surface area (Å²) in [5.41, 5.74) is 0.348. The predicted octanol–water partition coefficient (Wildman–Crippen LogP) is 4.03. The summed E-state index contributed by atoms with van der Waals surface area (Å²) in [4.78, 5) is 12.1. The van der Waals surface area contributed by atoms with Crippen LogP contribution < -0.4 is 10.1 Å². The number of anilines is 1. The number of benzene rings is 3. The molecule has 0 aliphatic heterocycles. The highest BCUT2D eigenvalue weighted by atomic mass is 32.2. The fraction of sp³-hybridized carbons (Fsp3) is 0.0500. The van der Waals surface area contributed by atoms with Gasteiger partial charge < -0.3 is 10.1 Å². The Morgan fingerprint density at radius 2 is 1.52 bits per heavy atom. The maximum atomic E-state index is 13.0. The molecule has 138 valence electrons. The van der Waals surface area contributed by atoms with Gasteiger partial charge in [-0.2, -0.15) is 0 Å². The molecule has 0 radical (unpaired) electrons. The molecule has 0 saturated heterocycles. The Hall–Kier alpha value is -3.19. The summed E-state index contributed by atoms with van der Waals surface area (Å²) >= 11 is 0. The molecular formula is C20H16FNO4S. The van der Waals surface area contributed by atoms with Gasteiger partial charge in [-0.1, -0.05) is 30.3 Å². The molecule has 1 amide bonds. The van der Waals surface area contributed by atoms with Crippen molar-refractivity contribution in [1.82, 2.24) is 0 Å². The lowest BCUT2D eigenvalue weighted by molar-refractivity contribution is -0.113. The van der Waals surface area contributed by atoms with Crippen LogP contribution in [0.2, 0.25) is 0 Å². The number of sulfone groups is 1. The number of carbonyl (C=O) groups excluding carboxylic acids is 1. The highest BCUT2D eigenvalue weighted by Crippen LogP contribution is 2.29. The van der Waals surface area contributed by atoms with Gasteiger partial charge in [0.25, 0.3) is 0 Å². The highest BCUT2D eigenvalue weighted by Gasteiger charge is 2.20. The van der Waals surface area contributed by atoms with Crippen LogP contribution in [-0.4, -0.2) is 20.1 Å². The van der Waals surface area contributed by atoms with Crippen LogP contribution in [0.4, 0.5) is 10.1 Å². The molecule has 0 saturated carbocycles. The van der Waals surface area contributed by atoms with Gasteiger partial charge in [-0.05, 0) is 48.5 Å². The monoisotopic (exact) mass is 385 g/mol. The molecule has 27 heavy (non-hydrogen) atoms. The van der Waals surface area contributed by atoms with Crippen LogP contribution in [0.15, 0.2) is 83.8 Å². The van der Waals surface area contributed by atoms with E-state index in [4.69, 9.17) is 4.74 Å². The minimum Gasteiger partial charge on any atom is -0.455 e. The first kappa shape index (κ1) is 18.6. The van der Waals surface area contributed by atoms with Crippen molar-refractivity contribution in [1.29, 1.82) is 0 Å². The lowest BCUT2D eigenvalue weighted by Gasteiger charge is -2.12. The van der Waals surface area contributed by atoms with Gasteiger partial charge in [-0.15, -0.1) is 0 Å². The molecule has 0 spiro atoms. The Balaban J connectivity index is 1.74. The summed E-state index contributed by atoms with van der Waals surface area (Å²) < 4.78 is 43.3. The van der Waals surface area contributed by atoms with Gasteiger partial charge in [0.2, 0.25) is 5.91 Å². The molecule has 3 rings (SSSR count). The Kier molecular flexibility index (Phi) is 5.52. The van der Waals surface area contributed by atoms with Gasteiger partial charge in [0.1, 0.15) is 17.3 Å². The molecule has 0 fully saturated rings. The van der Waals surface area contributed by atoms with Crippen molar-refractivity contribution in [2.45, 2.75) is 4.90 Å². The van der Waals surface area contributed by atoms with Crippen molar-refractivity contribution in [2.75, 3.05) is 11.1 Å². The fourth-order valence-electron chi connectivity index (χ4n) is 2.36. The third kappa shape index (κ3) is 4.92. The fourth-order valence-corrected chi connectivity index (χ4v) is 3.49. The van der Waals surface area contributed by atoms with Crippen LogP contribution in [0, 0.1) is 5.82 Å². The number of nitrogens with one attached hydrogen (secondary N) is 1. The molecule has 7 heteroatoms. The Labute approximate surface area is 156 Å². The number of para-hydroxylation sites is 3. The number of hydrogen-bond acceptors (Lipinski definition) is 4. The van der Waals surface area contributed by atoms with E-state index in [1.807, 2.05) is 18.2 Å². The third-order valence-electron chi connectivity index (χ3n) is 3.63. The summed E-state index contributed by atoms with van der Waals surface area (Å²) in [6.07, 6.45) is 0. The first-order chi connectivity index (χ1) is 12.9. The van der Waals surface area contributed by atoms with E-state index >= 15 is 0 Å². The zero-order valence-electron chi connectivity index (χ0n) is 14.1. The second-order valence-electron chi connectivity index (χ2n) is 5.67. The lowest BCUT2D eigenvalue weighted by Crippen LogP contribution is -2.23. The van der Waals surface area contributed by atoms with E-state index in [1.54, 1.807) is 36.4 Å². The summed E-state index contributed by atoms with van der Waals surface area (Å²) in [7, 11) is -3.89. The maximum absolute atomic E-state index is 13.0. The third-order valence-corrected chi connectivity index (χ3v) is 5.26. The van der Waals surface area contributed by atoms with Crippen molar-refractivity contribution in [3.63, 3.8) is 0 Å². The molecule has 0 aliphatic carbocycles. The number of rotatable bonds is 6.